The van der Waals surface area contributed by atoms with Crippen LogP contribution < -0.4 is 5.32 Å². The second kappa shape index (κ2) is 6.67. The Morgan fingerprint density at radius 3 is 2.84 bits per heavy atom. The highest BCUT2D eigenvalue weighted by Gasteiger charge is 2.17. The maximum absolute atomic E-state index is 13.5. The minimum absolute atomic E-state index is 0.157. The lowest BCUT2D eigenvalue weighted by Gasteiger charge is -2.09. The number of nitrogens with one attached hydrogen (secondary N) is 1. The Labute approximate surface area is 109 Å². The van der Waals surface area contributed by atoms with Gasteiger partial charge in [-0.2, -0.15) is 0 Å². The molecular weight excluding hydrogens is 255 g/mol. The summed E-state index contributed by atoms with van der Waals surface area (Å²) in [6, 6.07) is 3.62. The second-order valence-electron chi connectivity index (χ2n) is 4.20. The molecule has 0 fully saturated rings. The van der Waals surface area contributed by atoms with Gasteiger partial charge in [0.05, 0.1) is 10.8 Å². The van der Waals surface area contributed by atoms with Crippen LogP contribution in [0.25, 0.3) is 0 Å². The van der Waals surface area contributed by atoms with Gasteiger partial charge in [-0.15, -0.1) is 0 Å². The summed E-state index contributed by atoms with van der Waals surface area (Å²) in [6.07, 6.45) is 0.906. The third-order valence-corrected chi connectivity index (χ3v) is 2.73. The summed E-state index contributed by atoms with van der Waals surface area (Å²) in [5.41, 5.74) is -0.484. The summed E-state index contributed by atoms with van der Waals surface area (Å²) in [5, 5.41) is 22.1. The van der Waals surface area contributed by atoms with Crippen LogP contribution in [0, 0.1) is 21.8 Å². The summed E-state index contributed by atoms with van der Waals surface area (Å²) in [5.74, 6) is -2.07. The number of nitrogens with zero attached hydrogens (tertiary/aromatic N) is 1. The van der Waals surface area contributed by atoms with Crippen molar-refractivity contribution in [1.82, 2.24) is 0 Å². The van der Waals surface area contributed by atoms with Gasteiger partial charge < -0.3 is 10.4 Å². The Bertz CT molecular complexity index is 479. The van der Waals surface area contributed by atoms with E-state index in [0.29, 0.717) is 12.8 Å². The zero-order chi connectivity index (χ0) is 14.4. The molecule has 0 amide bonds. The van der Waals surface area contributed by atoms with E-state index in [1.54, 1.807) is 6.92 Å². The van der Waals surface area contributed by atoms with E-state index in [4.69, 9.17) is 5.11 Å². The fraction of sp³-hybridized carbons (Fsp3) is 0.417. The van der Waals surface area contributed by atoms with Gasteiger partial charge in [-0.3, -0.25) is 14.9 Å². The molecule has 0 saturated heterocycles. The number of carboxylic acids is 1. The van der Waals surface area contributed by atoms with Crippen LogP contribution in [0.2, 0.25) is 0 Å². The van der Waals surface area contributed by atoms with Crippen molar-refractivity contribution in [2.75, 3.05) is 11.9 Å². The van der Waals surface area contributed by atoms with E-state index in [0.717, 1.165) is 6.07 Å². The van der Waals surface area contributed by atoms with Crippen LogP contribution >= 0.6 is 0 Å². The van der Waals surface area contributed by atoms with Crippen LogP contribution in [0.5, 0.6) is 0 Å². The predicted molar refractivity (Wildman–Crippen MR) is 67.6 cm³/mol. The van der Waals surface area contributed by atoms with E-state index in [1.807, 2.05) is 0 Å². The first-order valence-electron chi connectivity index (χ1n) is 5.83. The van der Waals surface area contributed by atoms with Gasteiger partial charge in [-0.05, 0) is 18.9 Å². The summed E-state index contributed by atoms with van der Waals surface area (Å²) >= 11 is 0. The van der Waals surface area contributed by atoms with Gasteiger partial charge in [0.15, 0.2) is 5.82 Å². The molecule has 1 unspecified atom stereocenters. The fourth-order valence-corrected chi connectivity index (χ4v) is 1.59. The first-order chi connectivity index (χ1) is 8.93. The molecule has 0 aliphatic carbocycles. The van der Waals surface area contributed by atoms with Crippen molar-refractivity contribution in [1.29, 1.82) is 0 Å². The molecule has 0 aromatic heterocycles. The van der Waals surface area contributed by atoms with Gasteiger partial charge >= 0.3 is 5.97 Å². The quantitative estimate of drug-likeness (QED) is 0.451. The molecule has 1 aromatic carbocycles. The normalized spacial score (nSPS) is 11.9. The van der Waals surface area contributed by atoms with Gasteiger partial charge in [-0.1, -0.05) is 13.0 Å². The smallest absolute Gasteiger partial charge is 0.306 e. The SMILES string of the molecule is CC(CCCNc1c(F)cccc1[N+](=O)[O-])C(=O)O. The summed E-state index contributed by atoms with van der Waals surface area (Å²) < 4.78 is 13.5. The summed E-state index contributed by atoms with van der Waals surface area (Å²) in [4.78, 5) is 20.7. The Hall–Kier alpha value is -2.18. The molecule has 0 bridgehead atoms. The molecular formula is C12H15FN2O4. The number of anilines is 1. The molecule has 1 atom stereocenters. The van der Waals surface area contributed by atoms with Crippen LogP contribution in [0.1, 0.15) is 19.8 Å². The number of hydrogen-bond donors (Lipinski definition) is 2. The molecule has 0 aliphatic rings. The third kappa shape index (κ3) is 4.20. The molecule has 0 radical (unpaired) electrons. The van der Waals surface area contributed by atoms with Crippen LogP contribution in [-0.2, 0) is 4.79 Å². The minimum atomic E-state index is -0.892. The second-order valence-corrected chi connectivity index (χ2v) is 4.20. The molecule has 19 heavy (non-hydrogen) atoms. The van der Waals surface area contributed by atoms with Crippen molar-refractivity contribution < 1.29 is 19.2 Å². The van der Waals surface area contributed by atoms with Crippen molar-refractivity contribution >= 4 is 17.3 Å². The van der Waals surface area contributed by atoms with Crippen LogP contribution in [0.4, 0.5) is 15.8 Å². The van der Waals surface area contributed by atoms with E-state index >= 15 is 0 Å². The van der Waals surface area contributed by atoms with E-state index in [1.165, 1.54) is 12.1 Å². The average Bonchev–Trinajstić information content (AvgIpc) is 2.35. The van der Waals surface area contributed by atoms with Gasteiger partial charge in [0.1, 0.15) is 5.69 Å². The molecule has 2 N–H and O–H groups in total. The van der Waals surface area contributed by atoms with E-state index < -0.39 is 22.6 Å². The lowest BCUT2D eigenvalue weighted by atomic mass is 10.1. The maximum Gasteiger partial charge on any atom is 0.306 e. The van der Waals surface area contributed by atoms with E-state index in [-0.39, 0.29) is 17.9 Å². The van der Waals surface area contributed by atoms with Gasteiger partial charge in [0, 0.05) is 12.6 Å². The number of carboxylic acid groups (broad SMARTS) is 1. The Kier molecular flexibility index (Phi) is 5.23. The lowest BCUT2D eigenvalue weighted by Crippen LogP contribution is -2.12. The molecule has 0 aliphatic heterocycles. The Morgan fingerprint density at radius 2 is 2.26 bits per heavy atom. The Morgan fingerprint density at radius 1 is 1.58 bits per heavy atom. The standard InChI is InChI=1S/C12H15FN2O4/c1-8(12(16)17)4-3-7-14-11-9(13)5-2-6-10(11)15(18)19/h2,5-6,8,14H,3-4,7H2,1H3,(H,16,17). The molecule has 1 aromatic rings. The molecule has 0 saturated carbocycles. The summed E-state index contributed by atoms with van der Waals surface area (Å²) in [7, 11) is 0. The molecule has 104 valence electrons. The van der Waals surface area contributed by atoms with Crippen molar-refractivity contribution in [3.63, 3.8) is 0 Å². The minimum Gasteiger partial charge on any atom is -0.481 e. The zero-order valence-electron chi connectivity index (χ0n) is 10.4. The first kappa shape index (κ1) is 14.9. The zero-order valence-corrected chi connectivity index (χ0v) is 10.4. The number of nitro benzene ring substituents is 1. The number of nitro groups is 1. The molecule has 1 rings (SSSR count). The fourth-order valence-electron chi connectivity index (χ4n) is 1.59. The highest BCUT2D eigenvalue weighted by Crippen LogP contribution is 2.26. The van der Waals surface area contributed by atoms with Crippen molar-refractivity contribution in [2.24, 2.45) is 5.92 Å². The number of benzene rings is 1. The van der Waals surface area contributed by atoms with Crippen LogP contribution in [0.3, 0.4) is 0 Å². The van der Waals surface area contributed by atoms with Crippen molar-refractivity contribution in [3.8, 4) is 0 Å². The number of carbonyl (C=O) groups is 1. The van der Waals surface area contributed by atoms with Gasteiger partial charge in [0.2, 0.25) is 0 Å². The third-order valence-electron chi connectivity index (χ3n) is 2.73. The first-order valence-corrected chi connectivity index (χ1v) is 5.83. The van der Waals surface area contributed by atoms with E-state index in [2.05, 4.69) is 5.32 Å². The Balaban J connectivity index is 2.58. The highest BCUT2D eigenvalue weighted by atomic mass is 19.1. The topological polar surface area (TPSA) is 92.5 Å². The van der Waals surface area contributed by atoms with Crippen molar-refractivity contribution in [2.45, 2.75) is 19.8 Å². The van der Waals surface area contributed by atoms with Crippen LogP contribution in [0.15, 0.2) is 18.2 Å². The number of para-hydroxylation sites is 1. The molecule has 7 heteroatoms. The monoisotopic (exact) mass is 270 g/mol. The maximum atomic E-state index is 13.5. The lowest BCUT2D eigenvalue weighted by molar-refractivity contribution is -0.384. The molecule has 0 spiro atoms. The predicted octanol–water partition coefficient (Wildman–Crippen LogP) is 2.65. The van der Waals surface area contributed by atoms with Gasteiger partial charge in [0.25, 0.3) is 5.69 Å². The highest BCUT2D eigenvalue weighted by molar-refractivity contribution is 5.69. The number of aliphatic carboxylic acids is 1. The largest absolute Gasteiger partial charge is 0.481 e. The van der Waals surface area contributed by atoms with Crippen LogP contribution in [-0.4, -0.2) is 22.5 Å². The number of hydrogen-bond acceptors (Lipinski definition) is 4. The number of halogens is 1. The number of rotatable bonds is 7. The summed E-state index contributed by atoms with van der Waals surface area (Å²) in [6.45, 7) is 1.85. The molecule has 6 nitrogen and oxygen atoms in total. The average molecular weight is 270 g/mol. The molecule has 0 heterocycles. The van der Waals surface area contributed by atoms with Gasteiger partial charge in [-0.25, -0.2) is 4.39 Å². The van der Waals surface area contributed by atoms with Crippen molar-refractivity contribution in [3.05, 3.63) is 34.1 Å². The van der Waals surface area contributed by atoms with E-state index in [9.17, 15) is 19.3 Å².